The zero-order chi connectivity index (χ0) is 30.2. The Morgan fingerprint density at radius 1 is 0.927 bits per heavy atom. The van der Waals surface area contributed by atoms with Crippen molar-refractivity contribution >= 4 is 29.1 Å². The molecular weight excluding hydrogens is 514 g/mol. The maximum atomic E-state index is 12.5. The van der Waals surface area contributed by atoms with E-state index in [0.717, 1.165) is 23.1 Å². The highest BCUT2D eigenvalue weighted by atomic mass is 16.5. The van der Waals surface area contributed by atoms with Gasteiger partial charge in [-0.3, -0.25) is 14.4 Å². The number of imide groups is 1. The molecule has 2 unspecified atom stereocenters. The lowest BCUT2D eigenvalue weighted by molar-refractivity contribution is -0.134. The van der Waals surface area contributed by atoms with E-state index in [1.807, 2.05) is 25.8 Å². The predicted molar refractivity (Wildman–Crippen MR) is 165 cm³/mol. The summed E-state index contributed by atoms with van der Waals surface area (Å²) in [6.45, 7) is 17.9. The summed E-state index contributed by atoms with van der Waals surface area (Å²) in [4.78, 5) is 43.0. The minimum absolute atomic E-state index is 0.0178. The normalized spacial score (nSPS) is 19.2. The van der Waals surface area contributed by atoms with E-state index < -0.39 is 0 Å². The number of hydrogen-bond acceptors (Lipinski definition) is 5. The minimum atomic E-state index is -0.288. The molecule has 0 spiro atoms. The summed E-state index contributed by atoms with van der Waals surface area (Å²) >= 11 is 0. The van der Waals surface area contributed by atoms with Gasteiger partial charge in [0.15, 0.2) is 0 Å². The van der Waals surface area contributed by atoms with Crippen LogP contribution in [0.25, 0.3) is 0 Å². The Labute approximate surface area is 245 Å². The van der Waals surface area contributed by atoms with Crippen molar-refractivity contribution in [3.8, 4) is 0 Å². The van der Waals surface area contributed by atoms with E-state index in [0.29, 0.717) is 31.4 Å². The van der Waals surface area contributed by atoms with Crippen LogP contribution in [-0.4, -0.2) is 55.1 Å². The van der Waals surface area contributed by atoms with Gasteiger partial charge in [0, 0.05) is 31.3 Å². The molecule has 0 radical (unpaired) electrons. The van der Waals surface area contributed by atoms with Crippen molar-refractivity contribution in [3.63, 3.8) is 0 Å². The third-order valence-corrected chi connectivity index (χ3v) is 8.51. The molecule has 220 valence electrons. The molecule has 1 fully saturated rings. The molecule has 41 heavy (non-hydrogen) atoms. The fraction of sp³-hybridized carbons (Fsp3) is 0.500. The number of benzene rings is 2. The molecule has 7 heteroatoms. The molecule has 2 heterocycles. The van der Waals surface area contributed by atoms with Crippen molar-refractivity contribution in [2.75, 3.05) is 30.2 Å². The molecule has 2 atom stereocenters. The summed E-state index contributed by atoms with van der Waals surface area (Å²) in [5.41, 5.74) is 8.62. The van der Waals surface area contributed by atoms with E-state index in [4.69, 9.17) is 4.74 Å². The van der Waals surface area contributed by atoms with Gasteiger partial charge in [-0.05, 0) is 72.4 Å². The molecule has 0 aliphatic carbocycles. The van der Waals surface area contributed by atoms with Crippen molar-refractivity contribution in [2.45, 2.75) is 92.2 Å². The van der Waals surface area contributed by atoms with E-state index in [2.05, 4.69) is 70.7 Å². The zero-order valence-corrected chi connectivity index (χ0v) is 26.1. The summed E-state index contributed by atoms with van der Waals surface area (Å²) in [7, 11) is 1.88. The van der Waals surface area contributed by atoms with Crippen LogP contribution in [0.15, 0.2) is 36.4 Å². The first-order valence-electron chi connectivity index (χ1n) is 14.8. The second kappa shape index (κ2) is 12.2. The summed E-state index contributed by atoms with van der Waals surface area (Å²) in [5.74, 6) is -0.0131. The van der Waals surface area contributed by atoms with Crippen LogP contribution in [0, 0.1) is 13.8 Å². The standard InChI is InChI=1S/C34H45N3O4/c1-10-30(38)35(9)29-18-41-19-36(24(29)8)33-22(6)13-25(16-27(33)20(2)3)15-26-14-23(7)34(28(17-26)21(4)5)37-31(39)11-12-32(37)40/h11-14,16-17,20-21,24,29H,10,15,18-19H2,1-9H3. The third kappa shape index (κ3) is 5.96. The minimum Gasteiger partial charge on any atom is -0.359 e. The third-order valence-electron chi connectivity index (χ3n) is 8.51. The van der Waals surface area contributed by atoms with E-state index in [9.17, 15) is 14.4 Å². The Kier molecular flexibility index (Phi) is 9.07. The largest absolute Gasteiger partial charge is 0.359 e. The Hall–Kier alpha value is -3.45. The Morgan fingerprint density at radius 3 is 1.95 bits per heavy atom. The van der Waals surface area contributed by atoms with Crippen molar-refractivity contribution in [1.29, 1.82) is 0 Å². The van der Waals surface area contributed by atoms with Gasteiger partial charge in [-0.15, -0.1) is 0 Å². The van der Waals surface area contributed by atoms with Gasteiger partial charge in [0.05, 0.1) is 24.4 Å². The van der Waals surface area contributed by atoms with Crippen LogP contribution >= 0.6 is 0 Å². The zero-order valence-electron chi connectivity index (χ0n) is 26.1. The lowest BCUT2D eigenvalue weighted by Crippen LogP contribution is -2.58. The monoisotopic (exact) mass is 559 g/mol. The average molecular weight is 560 g/mol. The van der Waals surface area contributed by atoms with Gasteiger partial charge in [-0.1, -0.05) is 58.9 Å². The van der Waals surface area contributed by atoms with Crippen LogP contribution in [0.3, 0.4) is 0 Å². The van der Waals surface area contributed by atoms with Gasteiger partial charge >= 0.3 is 0 Å². The number of nitrogens with zero attached hydrogens (tertiary/aromatic N) is 3. The second-order valence-electron chi connectivity index (χ2n) is 12.2. The number of aryl methyl sites for hydroxylation is 2. The number of carbonyl (C=O) groups is 3. The molecule has 1 saturated heterocycles. The number of rotatable bonds is 8. The fourth-order valence-electron chi connectivity index (χ4n) is 6.28. The maximum absolute atomic E-state index is 12.5. The number of ether oxygens (including phenoxy) is 1. The average Bonchev–Trinajstić information content (AvgIpc) is 3.24. The smallest absolute Gasteiger partial charge is 0.258 e. The molecule has 0 saturated carbocycles. The Bertz CT molecular complexity index is 1360. The molecule has 2 aromatic carbocycles. The summed E-state index contributed by atoms with van der Waals surface area (Å²) < 4.78 is 6.04. The first-order chi connectivity index (χ1) is 19.3. The molecule has 7 nitrogen and oxygen atoms in total. The van der Waals surface area contributed by atoms with Gasteiger partial charge in [-0.25, -0.2) is 4.90 Å². The SMILES string of the molecule is CCC(=O)N(C)C1COCN(c2c(C)cc(Cc3cc(C)c(N4C(=O)C=CC4=O)c(C(C)C)c3)cc2C(C)C)C1C. The number of hydrogen-bond donors (Lipinski definition) is 0. The molecule has 3 amide bonds. The van der Waals surface area contributed by atoms with Gasteiger partial charge in [0.2, 0.25) is 5.91 Å². The molecule has 0 bridgehead atoms. The van der Waals surface area contributed by atoms with Gasteiger partial charge < -0.3 is 14.5 Å². The van der Waals surface area contributed by atoms with Crippen LogP contribution in [0.1, 0.15) is 93.2 Å². The number of likely N-dealkylation sites (N-methyl/N-ethyl adjacent to an activating group) is 1. The molecule has 0 aromatic heterocycles. The van der Waals surface area contributed by atoms with Crippen LogP contribution in [0.4, 0.5) is 11.4 Å². The van der Waals surface area contributed by atoms with Crippen LogP contribution < -0.4 is 9.80 Å². The van der Waals surface area contributed by atoms with E-state index >= 15 is 0 Å². The van der Waals surface area contributed by atoms with Gasteiger partial charge in [0.25, 0.3) is 11.8 Å². The van der Waals surface area contributed by atoms with Crippen molar-refractivity contribution < 1.29 is 19.1 Å². The van der Waals surface area contributed by atoms with E-state index in [1.165, 1.54) is 39.4 Å². The molecule has 2 aromatic rings. The van der Waals surface area contributed by atoms with Crippen molar-refractivity contribution in [2.24, 2.45) is 0 Å². The molecular formula is C34H45N3O4. The highest BCUT2D eigenvalue weighted by molar-refractivity contribution is 6.28. The first-order valence-corrected chi connectivity index (χ1v) is 14.8. The van der Waals surface area contributed by atoms with Crippen LogP contribution in [0.2, 0.25) is 0 Å². The fourth-order valence-corrected chi connectivity index (χ4v) is 6.28. The van der Waals surface area contributed by atoms with Gasteiger partial charge in [-0.2, -0.15) is 0 Å². The Balaban J connectivity index is 1.70. The highest BCUT2D eigenvalue weighted by Gasteiger charge is 2.35. The quantitative estimate of drug-likeness (QED) is 0.372. The van der Waals surface area contributed by atoms with Gasteiger partial charge in [0.1, 0.15) is 6.73 Å². The number of anilines is 2. The summed E-state index contributed by atoms with van der Waals surface area (Å²) in [6, 6.07) is 8.91. The molecule has 4 rings (SSSR count). The predicted octanol–water partition coefficient (Wildman–Crippen LogP) is 5.99. The molecule has 2 aliphatic heterocycles. The van der Waals surface area contributed by atoms with Crippen molar-refractivity contribution in [1.82, 2.24) is 4.90 Å². The van der Waals surface area contributed by atoms with Crippen molar-refractivity contribution in [3.05, 3.63) is 69.8 Å². The summed E-state index contributed by atoms with van der Waals surface area (Å²) in [5, 5.41) is 0. The van der Waals surface area contributed by atoms with E-state index in [-0.39, 0.29) is 35.7 Å². The Morgan fingerprint density at radius 2 is 1.44 bits per heavy atom. The maximum Gasteiger partial charge on any atom is 0.258 e. The lowest BCUT2D eigenvalue weighted by atomic mass is 9.89. The molecule has 0 N–H and O–H groups in total. The lowest BCUT2D eigenvalue weighted by Gasteiger charge is -2.45. The summed E-state index contributed by atoms with van der Waals surface area (Å²) in [6.07, 6.45) is 3.90. The number of carbonyl (C=O) groups excluding carboxylic acids is 3. The highest BCUT2D eigenvalue weighted by Crippen LogP contribution is 2.38. The van der Waals surface area contributed by atoms with Crippen LogP contribution in [-0.2, 0) is 25.5 Å². The van der Waals surface area contributed by atoms with E-state index in [1.54, 1.807) is 0 Å². The van der Waals surface area contributed by atoms with Crippen LogP contribution in [0.5, 0.6) is 0 Å². The second-order valence-corrected chi connectivity index (χ2v) is 12.2. The number of amides is 3. The molecule has 2 aliphatic rings. The topological polar surface area (TPSA) is 70.2 Å². The first kappa shape index (κ1) is 30.5.